The first-order chi connectivity index (χ1) is 12.9. The number of ether oxygens (including phenoxy) is 1. The maximum atomic E-state index is 13.6. The van der Waals surface area contributed by atoms with Crippen LogP contribution >= 0.6 is 11.6 Å². The number of benzene rings is 1. The number of esters is 1. The number of amides is 3. The molecule has 3 rings (SSSR count). The lowest BCUT2D eigenvalue weighted by Crippen LogP contribution is -2.37. The molecule has 1 saturated carbocycles. The van der Waals surface area contributed by atoms with Crippen molar-refractivity contribution in [1.29, 1.82) is 0 Å². The minimum atomic E-state index is -0.878. The summed E-state index contributed by atoms with van der Waals surface area (Å²) < 4.78 is 18.4. The van der Waals surface area contributed by atoms with E-state index in [1.165, 1.54) is 12.1 Å². The van der Waals surface area contributed by atoms with Gasteiger partial charge in [-0.25, -0.2) is 4.39 Å². The van der Waals surface area contributed by atoms with Crippen molar-refractivity contribution < 1.29 is 28.3 Å². The molecule has 1 heterocycles. The lowest BCUT2D eigenvalue weighted by atomic mass is 9.81. The summed E-state index contributed by atoms with van der Waals surface area (Å²) >= 11 is 5.73. The van der Waals surface area contributed by atoms with E-state index in [4.69, 9.17) is 16.3 Å². The lowest BCUT2D eigenvalue weighted by molar-refractivity contribution is -0.154. The molecule has 144 valence electrons. The third-order valence-corrected chi connectivity index (χ3v) is 5.02. The predicted molar refractivity (Wildman–Crippen MR) is 93.2 cm³/mol. The van der Waals surface area contributed by atoms with E-state index < -0.39 is 30.8 Å². The summed E-state index contributed by atoms with van der Waals surface area (Å²) in [6.45, 7) is -1.20. The first-order valence-corrected chi connectivity index (χ1v) is 9.00. The predicted octanol–water partition coefficient (Wildman–Crippen LogP) is 2.14. The summed E-state index contributed by atoms with van der Waals surface area (Å²) in [6, 6.07) is 3.64. The Morgan fingerprint density at radius 1 is 1.19 bits per heavy atom. The average molecular weight is 397 g/mol. The average Bonchev–Trinajstić information content (AvgIpc) is 2.88. The monoisotopic (exact) mass is 396 g/mol. The Kier molecular flexibility index (Phi) is 5.74. The van der Waals surface area contributed by atoms with Gasteiger partial charge in [-0.2, -0.15) is 0 Å². The van der Waals surface area contributed by atoms with Crippen molar-refractivity contribution in [2.45, 2.75) is 25.7 Å². The van der Waals surface area contributed by atoms with Crippen molar-refractivity contribution in [3.8, 4) is 0 Å². The zero-order valence-electron chi connectivity index (χ0n) is 14.4. The van der Waals surface area contributed by atoms with Gasteiger partial charge < -0.3 is 10.1 Å². The standard InChI is InChI=1S/C18H18ClFN2O5/c19-10-5-6-13(20)14(7-10)21-15(23)9-27-16(24)8-22-17(25)11-3-1-2-4-12(11)18(22)26/h5-7,11-12H,1-4,8-9H2,(H,21,23)/t11-,12-/m1/s1. The van der Waals surface area contributed by atoms with Gasteiger partial charge in [-0.1, -0.05) is 24.4 Å². The molecular weight excluding hydrogens is 379 g/mol. The van der Waals surface area contributed by atoms with E-state index in [9.17, 15) is 23.6 Å². The normalized spacial score (nSPS) is 21.8. The van der Waals surface area contributed by atoms with E-state index in [1.54, 1.807) is 0 Å². The van der Waals surface area contributed by atoms with Crippen LogP contribution in [0.3, 0.4) is 0 Å². The number of rotatable bonds is 5. The van der Waals surface area contributed by atoms with E-state index in [0.717, 1.165) is 23.8 Å². The van der Waals surface area contributed by atoms with Gasteiger partial charge in [0.15, 0.2) is 6.61 Å². The molecule has 1 aromatic carbocycles. The van der Waals surface area contributed by atoms with Crippen LogP contribution in [0.5, 0.6) is 0 Å². The van der Waals surface area contributed by atoms with Crippen molar-refractivity contribution >= 4 is 41.0 Å². The first kappa shape index (κ1) is 19.3. The molecule has 2 atom stereocenters. The van der Waals surface area contributed by atoms with E-state index in [2.05, 4.69) is 5.32 Å². The Balaban J connectivity index is 1.51. The highest BCUT2D eigenvalue weighted by Gasteiger charge is 2.48. The minimum Gasteiger partial charge on any atom is -0.454 e. The molecule has 1 aromatic rings. The van der Waals surface area contributed by atoms with E-state index in [0.29, 0.717) is 12.8 Å². The second-order valence-electron chi connectivity index (χ2n) is 6.59. The van der Waals surface area contributed by atoms with Crippen LogP contribution in [0.1, 0.15) is 25.7 Å². The maximum absolute atomic E-state index is 13.6. The third-order valence-electron chi connectivity index (χ3n) is 4.79. The number of hydrogen-bond acceptors (Lipinski definition) is 5. The number of likely N-dealkylation sites (tertiary alicyclic amines) is 1. The molecule has 3 amide bonds. The highest BCUT2D eigenvalue weighted by atomic mass is 35.5. The Bertz CT molecular complexity index is 776. The summed E-state index contributed by atoms with van der Waals surface area (Å²) in [5.74, 6) is -3.75. The fourth-order valence-electron chi connectivity index (χ4n) is 3.49. The number of halogens is 2. The molecule has 1 aliphatic carbocycles. The number of carbonyl (C=O) groups is 4. The van der Waals surface area contributed by atoms with Gasteiger partial charge >= 0.3 is 5.97 Å². The molecule has 1 aliphatic heterocycles. The van der Waals surface area contributed by atoms with E-state index in [-0.39, 0.29) is 34.4 Å². The molecule has 0 aromatic heterocycles. The van der Waals surface area contributed by atoms with E-state index >= 15 is 0 Å². The second kappa shape index (κ2) is 8.04. The molecular formula is C18H18ClFN2O5. The highest BCUT2D eigenvalue weighted by Crippen LogP contribution is 2.37. The molecule has 0 spiro atoms. The van der Waals surface area contributed by atoms with Gasteiger partial charge in [-0.15, -0.1) is 0 Å². The van der Waals surface area contributed by atoms with Crippen molar-refractivity contribution in [2.24, 2.45) is 11.8 Å². The largest absolute Gasteiger partial charge is 0.454 e. The molecule has 2 fully saturated rings. The van der Waals surface area contributed by atoms with Crippen LogP contribution in [-0.2, 0) is 23.9 Å². The molecule has 9 heteroatoms. The lowest BCUT2D eigenvalue weighted by Gasteiger charge is -2.19. The highest BCUT2D eigenvalue weighted by molar-refractivity contribution is 6.30. The van der Waals surface area contributed by atoms with Gasteiger partial charge in [0.2, 0.25) is 11.8 Å². The van der Waals surface area contributed by atoms with Crippen LogP contribution < -0.4 is 5.32 Å². The zero-order valence-corrected chi connectivity index (χ0v) is 15.1. The zero-order chi connectivity index (χ0) is 19.6. The fraction of sp³-hybridized carbons (Fsp3) is 0.444. The number of hydrogen-bond donors (Lipinski definition) is 1. The summed E-state index contributed by atoms with van der Waals surface area (Å²) in [7, 11) is 0. The fourth-order valence-corrected chi connectivity index (χ4v) is 3.66. The number of carbonyl (C=O) groups excluding carboxylic acids is 4. The summed E-state index contributed by atoms with van der Waals surface area (Å²) in [6.07, 6.45) is 3.07. The van der Waals surface area contributed by atoms with Crippen LogP contribution in [0.2, 0.25) is 5.02 Å². The van der Waals surface area contributed by atoms with Crippen LogP contribution in [-0.4, -0.2) is 41.7 Å². The van der Waals surface area contributed by atoms with Gasteiger partial charge in [0.1, 0.15) is 12.4 Å². The SMILES string of the molecule is O=C(COC(=O)CN1C(=O)[C@@H]2CCCC[C@H]2C1=O)Nc1cc(Cl)ccc1F. The Morgan fingerprint density at radius 3 is 2.44 bits per heavy atom. The van der Waals surface area contributed by atoms with E-state index in [1.807, 2.05) is 0 Å². The van der Waals surface area contributed by atoms with Gasteiger partial charge in [-0.3, -0.25) is 24.1 Å². The van der Waals surface area contributed by atoms with Gasteiger partial charge in [0.05, 0.1) is 17.5 Å². The number of imide groups is 1. The number of nitrogens with zero attached hydrogens (tertiary/aromatic N) is 1. The Labute approximate surface area is 159 Å². The third kappa shape index (κ3) is 4.27. The van der Waals surface area contributed by atoms with Crippen LogP contribution in [0, 0.1) is 17.7 Å². The van der Waals surface area contributed by atoms with Gasteiger partial charge in [0.25, 0.3) is 5.91 Å². The molecule has 0 radical (unpaired) electrons. The van der Waals surface area contributed by atoms with Crippen LogP contribution in [0.25, 0.3) is 0 Å². The number of nitrogens with one attached hydrogen (secondary N) is 1. The molecule has 27 heavy (non-hydrogen) atoms. The van der Waals surface area contributed by atoms with Gasteiger partial charge in [-0.05, 0) is 31.0 Å². The topological polar surface area (TPSA) is 92.8 Å². The molecule has 0 bridgehead atoms. The second-order valence-corrected chi connectivity index (χ2v) is 7.03. The van der Waals surface area contributed by atoms with Gasteiger partial charge in [0, 0.05) is 5.02 Å². The molecule has 0 unspecified atom stereocenters. The Hall–Kier alpha value is -2.48. The van der Waals surface area contributed by atoms with Crippen molar-refractivity contribution in [3.05, 3.63) is 29.0 Å². The quantitative estimate of drug-likeness (QED) is 0.608. The van der Waals surface area contributed by atoms with Crippen molar-refractivity contribution in [2.75, 3.05) is 18.5 Å². The van der Waals surface area contributed by atoms with Crippen molar-refractivity contribution in [1.82, 2.24) is 4.90 Å². The molecule has 7 nitrogen and oxygen atoms in total. The smallest absolute Gasteiger partial charge is 0.326 e. The van der Waals surface area contributed by atoms with Crippen LogP contribution in [0.15, 0.2) is 18.2 Å². The summed E-state index contributed by atoms with van der Waals surface area (Å²) in [5, 5.41) is 2.47. The molecule has 2 aliphatic rings. The Morgan fingerprint density at radius 2 is 1.81 bits per heavy atom. The maximum Gasteiger partial charge on any atom is 0.326 e. The number of fused-ring (bicyclic) bond motifs is 1. The van der Waals surface area contributed by atoms with Crippen molar-refractivity contribution in [3.63, 3.8) is 0 Å². The minimum absolute atomic E-state index is 0.141. The molecule has 1 N–H and O–H groups in total. The summed E-state index contributed by atoms with van der Waals surface area (Å²) in [4.78, 5) is 49.2. The first-order valence-electron chi connectivity index (χ1n) is 8.62. The number of anilines is 1. The summed E-state index contributed by atoms with van der Waals surface area (Å²) in [5.41, 5.74) is -0.141. The van der Waals surface area contributed by atoms with Crippen LogP contribution in [0.4, 0.5) is 10.1 Å². The molecule has 1 saturated heterocycles.